The standard InChI is InChI=1S/C16H21FIN3O/c17-14-1-3-15(4-2-14)19-9-11-20(12-10-19)16(22)13-5-7-21(18)8-6-13/h1-4,13H,5-12H2. The average Bonchev–Trinajstić information content (AvgIpc) is 2.56. The molecule has 120 valence electrons. The smallest absolute Gasteiger partial charge is 0.225 e. The molecule has 3 rings (SSSR count). The van der Waals surface area contributed by atoms with Gasteiger partial charge in [0.05, 0.1) is 0 Å². The molecule has 2 aliphatic heterocycles. The Morgan fingerprint density at radius 1 is 1.00 bits per heavy atom. The van der Waals surface area contributed by atoms with Gasteiger partial charge in [-0.2, -0.15) is 0 Å². The molecule has 0 unspecified atom stereocenters. The number of hydrogen-bond acceptors (Lipinski definition) is 3. The van der Waals surface area contributed by atoms with Gasteiger partial charge in [0.1, 0.15) is 5.82 Å². The van der Waals surface area contributed by atoms with Gasteiger partial charge in [-0.25, -0.2) is 7.50 Å². The van der Waals surface area contributed by atoms with Gasteiger partial charge < -0.3 is 9.80 Å². The Bertz CT molecular complexity index is 509. The largest absolute Gasteiger partial charge is 0.368 e. The summed E-state index contributed by atoms with van der Waals surface area (Å²) in [6, 6.07) is 6.60. The lowest BCUT2D eigenvalue weighted by Gasteiger charge is -2.38. The number of piperazine rings is 1. The molecule has 0 radical (unpaired) electrons. The van der Waals surface area contributed by atoms with E-state index in [1.807, 2.05) is 17.0 Å². The van der Waals surface area contributed by atoms with Crippen molar-refractivity contribution >= 4 is 34.5 Å². The molecule has 2 aliphatic rings. The van der Waals surface area contributed by atoms with Crippen LogP contribution >= 0.6 is 22.9 Å². The van der Waals surface area contributed by atoms with Crippen molar-refractivity contribution in [3.63, 3.8) is 0 Å². The third kappa shape index (κ3) is 3.71. The lowest BCUT2D eigenvalue weighted by atomic mass is 9.96. The molecule has 1 aromatic carbocycles. The molecule has 2 fully saturated rings. The van der Waals surface area contributed by atoms with Crippen LogP contribution in [-0.2, 0) is 4.79 Å². The van der Waals surface area contributed by atoms with E-state index in [2.05, 4.69) is 30.9 Å². The summed E-state index contributed by atoms with van der Waals surface area (Å²) in [6.07, 6.45) is 1.94. The third-order valence-corrected chi connectivity index (χ3v) is 5.54. The van der Waals surface area contributed by atoms with Crippen molar-refractivity contribution in [2.75, 3.05) is 44.2 Å². The van der Waals surface area contributed by atoms with Gasteiger partial charge >= 0.3 is 0 Å². The van der Waals surface area contributed by atoms with Crippen LogP contribution in [0.5, 0.6) is 0 Å². The number of benzene rings is 1. The zero-order chi connectivity index (χ0) is 15.5. The first-order chi connectivity index (χ1) is 10.6. The Labute approximate surface area is 144 Å². The fraction of sp³-hybridized carbons (Fsp3) is 0.562. The summed E-state index contributed by atoms with van der Waals surface area (Å²) < 4.78 is 15.2. The Morgan fingerprint density at radius 2 is 1.59 bits per heavy atom. The van der Waals surface area contributed by atoms with Crippen molar-refractivity contribution in [3.8, 4) is 0 Å². The van der Waals surface area contributed by atoms with Crippen LogP contribution in [0, 0.1) is 11.7 Å². The highest BCUT2D eigenvalue weighted by atomic mass is 127. The Hall–Kier alpha value is -0.890. The van der Waals surface area contributed by atoms with Crippen molar-refractivity contribution < 1.29 is 9.18 Å². The predicted octanol–water partition coefficient (Wildman–Crippen LogP) is 2.54. The number of halogens is 2. The number of piperidine rings is 1. The van der Waals surface area contributed by atoms with E-state index >= 15 is 0 Å². The maximum absolute atomic E-state index is 13.0. The molecule has 0 atom stereocenters. The summed E-state index contributed by atoms with van der Waals surface area (Å²) in [5.74, 6) is 0.311. The van der Waals surface area contributed by atoms with Gasteiger partial charge in [0.2, 0.25) is 5.91 Å². The van der Waals surface area contributed by atoms with E-state index in [9.17, 15) is 9.18 Å². The highest BCUT2D eigenvalue weighted by Gasteiger charge is 2.29. The molecule has 0 saturated carbocycles. The van der Waals surface area contributed by atoms with Crippen molar-refractivity contribution in [2.45, 2.75) is 12.8 Å². The van der Waals surface area contributed by atoms with Crippen molar-refractivity contribution in [1.82, 2.24) is 8.01 Å². The maximum Gasteiger partial charge on any atom is 0.225 e. The summed E-state index contributed by atoms with van der Waals surface area (Å²) in [5, 5.41) is 0. The zero-order valence-corrected chi connectivity index (χ0v) is 14.7. The van der Waals surface area contributed by atoms with Gasteiger partial charge in [0.15, 0.2) is 0 Å². The molecule has 2 heterocycles. The molecule has 0 aromatic heterocycles. The Kier molecular flexibility index (Phi) is 5.18. The highest BCUT2D eigenvalue weighted by Crippen LogP contribution is 2.23. The van der Waals surface area contributed by atoms with E-state index in [0.717, 1.165) is 57.8 Å². The summed E-state index contributed by atoms with van der Waals surface area (Å²) in [4.78, 5) is 16.8. The van der Waals surface area contributed by atoms with Crippen molar-refractivity contribution in [2.24, 2.45) is 5.92 Å². The number of carbonyl (C=O) groups excluding carboxylic acids is 1. The van der Waals surface area contributed by atoms with Gasteiger partial charge in [-0.15, -0.1) is 0 Å². The van der Waals surface area contributed by atoms with Gasteiger partial charge in [0.25, 0.3) is 0 Å². The summed E-state index contributed by atoms with van der Waals surface area (Å²) in [7, 11) is 0. The third-order valence-electron chi connectivity index (χ3n) is 4.57. The minimum absolute atomic E-state index is 0.198. The summed E-state index contributed by atoms with van der Waals surface area (Å²) in [6.45, 7) is 5.19. The van der Waals surface area contributed by atoms with Crippen LogP contribution in [0.25, 0.3) is 0 Å². The van der Waals surface area contributed by atoms with Crippen LogP contribution in [0.2, 0.25) is 0 Å². The number of rotatable bonds is 2. The number of nitrogens with zero attached hydrogens (tertiary/aromatic N) is 3. The highest BCUT2D eigenvalue weighted by molar-refractivity contribution is 14.1. The van der Waals surface area contributed by atoms with Crippen LogP contribution < -0.4 is 4.90 Å². The van der Waals surface area contributed by atoms with E-state index in [0.29, 0.717) is 5.91 Å². The van der Waals surface area contributed by atoms with E-state index in [1.54, 1.807) is 0 Å². The van der Waals surface area contributed by atoms with Crippen LogP contribution in [0.4, 0.5) is 10.1 Å². The van der Waals surface area contributed by atoms with E-state index in [4.69, 9.17) is 0 Å². The van der Waals surface area contributed by atoms with Gasteiger partial charge in [-0.1, -0.05) is 0 Å². The van der Waals surface area contributed by atoms with Crippen LogP contribution in [-0.4, -0.2) is 53.2 Å². The molecule has 0 bridgehead atoms. The molecular formula is C16H21FIN3O. The SMILES string of the molecule is O=C(C1CCN(I)CC1)N1CCN(c2ccc(F)cc2)CC1. The van der Waals surface area contributed by atoms with Crippen LogP contribution in [0.15, 0.2) is 24.3 Å². The molecule has 2 saturated heterocycles. The minimum Gasteiger partial charge on any atom is -0.368 e. The first-order valence-corrected chi connectivity index (χ1v) is 8.80. The minimum atomic E-state index is -0.209. The van der Waals surface area contributed by atoms with Crippen molar-refractivity contribution in [1.29, 1.82) is 0 Å². The molecule has 6 heteroatoms. The normalized spacial score (nSPS) is 21.2. The maximum atomic E-state index is 13.0. The number of anilines is 1. The molecule has 0 spiro atoms. The Morgan fingerprint density at radius 3 is 2.18 bits per heavy atom. The fourth-order valence-electron chi connectivity index (χ4n) is 3.19. The summed E-state index contributed by atoms with van der Waals surface area (Å²) in [5.41, 5.74) is 1.03. The molecule has 4 nitrogen and oxygen atoms in total. The molecule has 0 N–H and O–H groups in total. The van der Waals surface area contributed by atoms with E-state index < -0.39 is 0 Å². The van der Waals surface area contributed by atoms with E-state index in [-0.39, 0.29) is 11.7 Å². The second-order valence-corrected chi connectivity index (χ2v) is 7.34. The lowest BCUT2D eigenvalue weighted by molar-refractivity contribution is -0.136. The van der Waals surface area contributed by atoms with E-state index in [1.165, 1.54) is 12.1 Å². The quantitative estimate of drug-likeness (QED) is 0.547. The zero-order valence-electron chi connectivity index (χ0n) is 12.5. The van der Waals surface area contributed by atoms with Crippen molar-refractivity contribution in [3.05, 3.63) is 30.1 Å². The van der Waals surface area contributed by atoms with Crippen LogP contribution in [0.1, 0.15) is 12.8 Å². The second kappa shape index (κ2) is 7.12. The first-order valence-electron chi connectivity index (χ1n) is 7.83. The number of carbonyl (C=O) groups is 1. The first kappa shape index (κ1) is 16.0. The van der Waals surface area contributed by atoms with Gasteiger partial charge in [-0.05, 0) is 37.1 Å². The molecule has 1 aromatic rings. The van der Waals surface area contributed by atoms with Gasteiger partial charge in [0, 0.05) is 73.7 Å². The molecule has 22 heavy (non-hydrogen) atoms. The van der Waals surface area contributed by atoms with Gasteiger partial charge in [-0.3, -0.25) is 4.79 Å². The molecular weight excluding hydrogens is 396 g/mol. The lowest BCUT2D eigenvalue weighted by Crippen LogP contribution is -2.51. The predicted molar refractivity (Wildman–Crippen MR) is 93.5 cm³/mol. The molecule has 1 amide bonds. The fourth-order valence-corrected chi connectivity index (χ4v) is 3.75. The summed E-state index contributed by atoms with van der Waals surface area (Å²) >= 11 is 2.33. The monoisotopic (exact) mass is 417 g/mol. The van der Waals surface area contributed by atoms with Crippen LogP contribution in [0.3, 0.4) is 0 Å². The topological polar surface area (TPSA) is 26.8 Å². The average molecular weight is 417 g/mol. The molecule has 0 aliphatic carbocycles. The number of hydrogen-bond donors (Lipinski definition) is 0. The second-order valence-electron chi connectivity index (χ2n) is 5.97. The Balaban J connectivity index is 1.53. The number of amides is 1.